The zero-order chi connectivity index (χ0) is 36.2. The van der Waals surface area contributed by atoms with Gasteiger partial charge in [-0.25, -0.2) is 18.9 Å². The van der Waals surface area contributed by atoms with Gasteiger partial charge < -0.3 is 9.80 Å². The number of imidazole rings is 1. The second-order valence-electron chi connectivity index (χ2n) is 14.0. The number of nitrogens with zero attached hydrogens (tertiary/aromatic N) is 8. The molecule has 0 saturated carbocycles. The van der Waals surface area contributed by atoms with Crippen LogP contribution < -0.4 is 15.1 Å². The van der Waals surface area contributed by atoms with E-state index in [1.165, 1.54) is 6.07 Å². The highest BCUT2D eigenvalue weighted by molar-refractivity contribution is 6.23. The van der Waals surface area contributed by atoms with Crippen molar-refractivity contribution < 1.29 is 23.6 Å². The summed E-state index contributed by atoms with van der Waals surface area (Å²) in [6.07, 6.45) is 3.92. The van der Waals surface area contributed by atoms with E-state index in [0.29, 0.717) is 12.2 Å². The third-order valence-corrected chi connectivity index (χ3v) is 10.7. The smallest absolute Gasteiger partial charge is 0.262 e. The fourth-order valence-electron chi connectivity index (χ4n) is 8.04. The first-order valence-corrected chi connectivity index (χ1v) is 18.0. The summed E-state index contributed by atoms with van der Waals surface area (Å²) in [5.74, 6) is -0.597. The van der Waals surface area contributed by atoms with Gasteiger partial charge in [0.25, 0.3) is 11.8 Å². The Labute approximate surface area is 304 Å². The largest absolute Gasteiger partial charge is 0.354 e. The molecule has 268 valence electrons. The molecule has 2 aromatic carbocycles. The number of piperazine rings is 1. The van der Waals surface area contributed by atoms with Crippen molar-refractivity contribution in [1.29, 1.82) is 0 Å². The van der Waals surface area contributed by atoms with E-state index in [4.69, 9.17) is 10.1 Å². The number of benzene rings is 2. The van der Waals surface area contributed by atoms with Crippen LogP contribution in [0.4, 0.5) is 16.0 Å². The van der Waals surface area contributed by atoms with Gasteiger partial charge >= 0.3 is 0 Å². The number of hydrogen-bond donors (Lipinski definition) is 1. The number of piperidine rings is 1. The first-order valence-electron chi connectivity index (χ1n) is 18.0. The third kappa shape index (κ3) is 5.98. The lowest BCUT2D eigenvalue weighted by atomic mass is 10.0. The summed E-state index contributed by atoms with van der Waals surface area (Å²) in [6.45, 7) is 4.45. The molecule has 9 rings (SSSR count). The number of amides is 4. The van der Waals surface area contributed by atoms with Crippen molar-refractivity contribution in [2.24, 2.45) is 0 Å². The number of nitrogens with one attached hydrogen (secondary N) is 1. The van der Waals surface area contributed by atoms with Gasteiger partial charge in [0.1, 0.15) is 29.2 Å². The van der Waals surface area contributed by atoms with Crippen molar-refractivity contribution in [1.82, 2.24) is 34.7 Å². The summed E-state index contributed by atoms with van der Waals surface area (Å²) in [6, 6.07) is 21.0. The molecule has 13 nitrogen and oxygen atoms in total. The quantitative estimate of drug-likeness (QED) is 0.247. The fourth-order valence-corrected chi connectivity index (χ4v) is 8.04. The molecular formula is C39H36FN9O4. The summed E-state index contributed by atoms with van der Waals surface area (Å²) in [7, 11) is 0. The highest BCUT2D eigenvalue weighted by Gasteiger charge is 2.44. The average Bonchev–Trinajstić information content (AvgIpc) is 3.89. The first-order chi connectivity index (χ1) is 25.8. The van der Waals surface area contributed by atoms with Crippen molar-refractivity contribution in [2.75, 3.05) is 42.5 Å². The van der Waals surface area contributed by atoms with Crippen molar-refractivity contribution >= 4 is 40.9 Å². The van der Waals surface area contributed by atoms with Crippen molar-refractivity contribution in [2.45, 2.75) is 44.3 Å². The second kappa shape index (κ2) is 13.2. The summed E-state index contributed by atoms with van der Waals surface area (Å²) in [5, 5.41) is 7.24. The van der Waals surface area contributed by atoms with E-state index < -0.39 is 29.7 Å². The molecule has 14 heteroatoms. The topological polar surface area (TPSA) is 136 Å². The van der Waals surface area contributed by atoms with Crippen molar-refractivity contribution in [3.8, 4) is 11.4 Å². The zero-order valence-electron chi connectivity index (χ0n) is 28.8. The maximum absolute atomic E-state index is 14.1. The highest BCUT2D eigenvalue weighted by atomic mass is 19.1. The van der Waals surface area contributed by atoms with E-state index in [0.717, 1.165) is 84.6 Å². The molecule has 0 aliphatic carbocycles. The summed E-state index contributed by atoms with van der Waals surface area (Å²) >= 11 is 0. The van der Waals surface area contributed by atoms with Gasteiger partial charge in [0.05, 0.1) is 29.1 Å². The molecule has 0 radical (unpaired) electrons. The van der Waals surface area contributed by atoms with Gasteiger partial charge in [-0.1, -0.05) is 24.3 Å². The normalized spacial score (nSPS) is 20.8. The van der Waals surface area contributed by atoms with Gasteiger partial charge in [-0.05, 0) is 78.9 Å². The Hall–Kier alpha value is -6.02. The van der Waals surface area contributed by atoms with Crippen molar-refractivity contribution in [3.05, 3.63) is 107 Å². The van der Waals surface area contributed by atoms with Crippen LogP contribution in [0.15, 0.2) is 79.0 Å². The predicted molar refractivity (Wildman–Crippen MR) is 193 cm³/mol. The van der Waals surface area contributed by atoms with Gasteiger partial charge in [0.15, 0.2) is 5.65 Å². The van der Waals surface area contributed by atoms with Gasteiger partial charge in [0.2, 0.25) is 11.8 Å². The van der Waals surface area contributed by atoms with Gasteiger partial charge in [-0.2, -0.15) is 0 Å². The number of fused-ring (bicyclic) bond motifs is 2. The number of carbonyl (C=O) groups excluding carboxylic acids is 4. The van der Waals surface area contributed by atoms with Crippen LogP contribution in [0.25, 0.3) is 17.0 Å². The minimum absolute atomic E-state index is 0.0486. The lowest BCUT2D eigenvalue weighted by molar-refractivity contribution is -0.136. The molecule has 7 heterocycles. The van der Waals surface area contributed by atoms with Crippen LogP contribution in [-0.4, -0.2) is 91.8 Å². The number of imide groups is 2. The van der Waals surface area contributed by atoms with Crippen molar-refractivity contribution in [3.63, 3.8) is 0 Å². The molecule has 4 amide bonds. The Morgan fingerprint density at radius 2 is 1.62 bits per heavy atom. The van der Waals surface area contributed by atoms with E-state index >= 15 is 0 Å². The summed E-state index contributed by atoms with van der Waals surface area (Å²) < 4.78 is 15.9. The monoisotopic (exact) mass is 713 g/mol. The van der Waals surface area contributed by atoms with Crippen LogP contribution in [0.3, 0.4) is 0 Å². The zero-order valence-corrected chi connectivity index (χ0v) is 28.8. The van der Waals surface area contributed by atoms with Crippen LogP contribution in [0.1, 0.15) is 63.6 Å². The summed E-state index contributed by atoms with van der Waals surface area (Å²) in [4.78, 5) is 67.9. The third-order valence-electron chi connectivity index (χ3n) is 10.7. The first kappa shape index (κ1) is 32.9. The molecule has 2 atom stereocenters. The number of carbonyl (C=O) groups is 4. The SMILES string of the molecule is O=C1CCC(N2C(=O)c3ccc(CN4CCN(c5cccc(-c6cnc7ccc(N8CCC[C@@H]8c8cccc(F)c8)nn67)n5)CC4)cc3C2=O)C(=O)N1. The van der Waals surface area contributed by atoms with E-state index in [2.05, 4.69) is 25.0 Å². The Kier molecular flexibility index (Phi) is 8.18. The molecular weight excluding hydrogens is 677 g/mol. The van der Waals surface area contributed by atoms with E-state index in [-0.39, 0.29) is 35.8 Å². The van der Waals surface area contributed by atoms with Crippen LogP contribution in [0, 0.1) is 5.82 Å². The van der Waals surface area contributed by atoms with E-state index in [1.54, 1.807) is 30.5 Å². The Morgan fingerprint density at radius 3 is 2.45 bits per heavy atom. The standard InChI is InChI=1S/C39H36FN9O4/c40-26-5-1-4-25(21-26)30-7-3-15-47(30)35-13-12-33-41-22-32(49(33)44-35)29-6-2-8-34(42-29)46-18-16-45(17-19-46)23-24-9-10-27-28(20-24)39(53)48(38(27)52)31-11-14-36(50)43-37(31)51/h1-2,4-6,8-10,12-13,20-22,30-31H,3,7,11,14-19,23H2,(H,43,50,51)/t30-,31?/m1/s1. The number of hydrogen-bond acceptors (Lipinski definition) is 10. The minimum Gasteiger partial charge on any atom is -0.354 e. The van der Waals surface area contributed by atoms with Crippen LogP contribution in [0.5, 0.6) is 0 Å². The molecule has 4 aliphatic heterocycles. The Balaban J connectivity index is 0.872. The van der Waals surface area contributed by atoms with Crippen LogP contribution >= 0.6 is 0 Å². The molecule has 5 aromatic rings. The van der Waals surface area contributed by atoms with E-state index in [9.17, 15) is 23.6 Å². The highest BCUT2D eigenvalue weighted by Crippen LogP contribution is 2.36. The molecule has 1 unspecified atom stereocenters. The molecule has 53 heavy (non-hydrogen) atoms. The molecule has 0 bridgehead atoms. The number of halogens is 1. The number of anilines is 2. The Morgan fingerprint density at radius 1 is 0.792 bits per heavy atom. The number of pyridine rings is 1. The minimum atomic E-state index is -0.985. The molecule has 4 aliphatic rings. The number of aromatic nitrogens is 4. The molecule has 3 aromatic heterocycles. The lowest BCUT2D eigenvalue weighted by Crippen LogP contribution is -2.54. The van der Waals surface area contributed by atoms with Gasteiger partial charge in [-0.15, -0.1) is 5.10 Å². The molecule has 1 N–H and O–H groups in total. The van der Waals surface area contributed by atoms with Crippen LogP contribution in [0.2, 0.25) is 0 Å². The average molecular weight is 714 g/mol. The van der Waals surface area contributed by atoms with Gasteiger partial charge in [-0.3, -0.25) is 34.3 Å². The van der Waals surface area contributed by atoms with Crippen LogP contribution in [-0.2, 0) is 16.1 Å². The molecule has 3 fully saturated rings. The maximum Gasteiger partial charge on any atom is 0.262 e. The summed E-state index contributed by atoms with van der Waals surface area (Å²) in [5.41, 5.74) is 4.67. The Bertz CT molecular complexity index is 2300. The second-order valence-corrected chi connectivity index (χ2v) is 14.0. The molecule has 3 saturated heterocycles. The molecule has 0 spiro atoms. The lowest BCUT2D eigenvalue weighted by Gasteiger charge is -2.35. The maximum atomic E-state index is 14.1. The number of rotatable bonds is 7. The van der Waals surface area contributed by atoms with E-state index in [1.807, 2.05) is 47.0 Å². The fraction of sp³-hybridized carbons (Fsp3) is 0.308. The van der Waals surface area contributed by atoms with Gasteiger partial charge in [0, 0.05) is 45.7 Å². The predicted octanol–water partition coefficient (Wildman–Crippen LogP) is 4.00.